The zero-order valence-corrected chi connectivity index (χ0v) is 11.4. The Morgan fingerprint density at radius 2 is 2.05 bits per heavy atom. The van der Waals surface area contributed by atoms with Gasteiger partial charge < -0.3 is 10.4 Å². The molecule has 0 fully saturated rings. The van der Waals surface area contributed by atoms with Crippen LogP contribution in [0.15, 0.2) is 35.7 Å². The van der Waals surface area contributed by atoms with Gasteiger partial charge in [0, 0.05) is 16.3 Å². The van der Waals surface area contributed by atoms with E-state index in [1.54, 1.807) is 35.7 Å². The Balaban J connectivity index is 2.16. The van der Waals surface area contributed by atoms with Crippen molar-refractivity contribution in [3.8, 4) is 11.8 Å². The highest BCUT2D eigenvalue weighted by Gasteiger charge is 2.12. The lowest BCUT2D eigenvalue weighted by atomic mass is 10.2. The molecule has 0 unspecified atom stereocenters. The van der Waals surface area contributed by atoms with Crippen molar-refractivity contribution < 1.29 is 9.90 Å². The van der Waals surface area contributed by atoms with Gasteiger partial charge in [-0.1, -0.05) is 23.4 Å². The van der Waals surface area contributed by atoms with E-state index in [4.69, 9.17) is 16.7 Å². The molecule has 1 aromatic heterocycles. The molecule has 2 N–H and O–H groups in total. The van der Waals surface area contributed by atoms with E-state index >= 15 is 0 Å². The molecule has 0 aliphatic heterocycles. The number of amides is 1. The summed E-state index contributed by atoms with van der Waals surface area (Å²) in [5.74, 6) is 5.06. The number of halogens is 1. The number of hydrogen-bond acceptors (Lipinski definition) is 3. The number of benzene rings is 1. The van der Waals surface area contributed by atoms with Crippen LogP contribution in [0.1, 0.15) is 15.2 Å². The van der Waals surface area contributed by atoms with Gasteiger partial charge in [-0.2, -0.15) is 0 Å². The van der Waals surface area contributed by atoms with Gasteiger partial charge >= 0.3 is 0 Å². The second kappa shape index (κ2) is 6.39. The van der Waals surface area contributed by atoms with Gasteiger partial charge in [-0.3, -0.25) is 4.79 Å². The van der Waals surface area contributed by atoms with Gasteiger partial charge in [0.2, 0.25) is 0 Å². The van der Waals surface area contributed by atoms with Crippen LogP contribution < -0.4 is 5.32 Å². The van der Waals surface area contributed by atoms with Gasteiger partial charge in [-0.25, -0.2) is 0 Å². The lowest BCUT2D eigenvalue weighted by Crippen LogP contribution is -2.11. The fraction of sp³-hybridized carbons (Fsp3) is 0.0714. The molecule has 0 radical (unpaired) electrons. The molecule has 1 amide bonds. The predicted octanol–water partition coefficient (Wildman–Crippen LogP) is 3.00. The van der Waals surface area contributed by atoms with Crippen molar-refractivity contribution in [1.29, 1.82) is 0 Å². The van der Waals surface area contributed by atoms with Crippen molar-refractivity contribution in [3.63, 3.8) is 0 Å². The Bertz CT molecular complexity index is 637. The molecular weight excluding hydrogens is 282 g/mol. The van der Waals surface area contributed by atoms with E-state index in [1.807, 2.05) is 0 Å². The molecule has 0 saturated heterocycles. The highest BCUT2D eigenvalue weighted by molar-refractivity contribution is 7.12. The first-order valence-corrected chi connectivity index (χ1v) is 6.70. The first-order valence-electron chi connectivity index (χ1n) is 5.45. The maximum absolute atomic E-state index is 12.1. The number of aliphatic hydroxyl groups excluding tert-OH is 1. The summed E-state index contributed by atoms with van der Waals surface area (Å²) in [5, 5.41) is 13.8. The summed E-state index contributed by atoms with van der Waals surface area (Å²) in [6.07, 6.45) is 0. The largest absolute Gasteiger partial charge is 0.384 e. The van der Waals surface area contributed by atoms with Crippen molar-refractivity contribution >= 4 is 34.5 Å². The minimum Gasteiger partial charge on any atom is -0.384 e. The third-order valence-electron chi connectivity index (χ3n) is 2.28. The minimum absolute atomic E-state index is 0.223. The van der Waals surface area contributed by atoms with Crippen LogP contribution in [0.3, 0.4) is 0 Å². The van der Waals surface area contributed by atoms with Gasteiger partial charge in [0.1, 0.15) is 11.5 Å². The van der Waals surface area contributed by atoms with E-state index in [2.05, 4.69) is 17.2 Å². The average Bonchev–Trinajstić information content (AvgIpc) is 2.87. The topological polar surface area (TPSA) is 49.3 Å². The van der Waals surface area contributed by atoms with Crippen molar-refractivity contribution in [3.05, 3.63) is 51.2 Å². The summed E-state index contributed by atoms with van der Waals surface area (Å²) in [7, 11) is 0. The van der Waals surface area contributed by atoms with Gasteiger partial charge in [0.25, 0.3) is 5.91 Å². The van der Waals surface area contributed by atoms with Crippen LogP contribution in [0, 0.1) is 11.8 Å². The monoisotopic (exact) mass is 291 g/mol. The number of nitrogens with one attached hydrogen (secondary N) is 1. The smallest absolute Gasteiger partial charge is 0.267 e. The van der Waals surface area contributed by atoms with Crippen LogP contribution in [-0.4, -0.2) is 17.6 Å². The number of anilines is 1. The normalized spacial score (nSPS) is 9.58. The summed E-state index contributed by atoms with van der Waals surface area (Å²) in [6.45, 7) is -0.228. The molecule has 0 saturated carbocycles. The Labute approximate surface area is 119 Å². The standard InChI is InChI=1S/C14H10ClNO2S/c15-11-3-5-12(6-4-11)16-14(18)13-10(2-1-8-17)7-9-19-13/h3-7,9,17H,8H2,(H,16,18). The van der Waals surface area contributed by atoms with Gasteiger partial charge in [-0.15, -0.1) is 11.3 Å². The Morgan fingerprint density at radius 3 is 2.74 bits per heavy atom. The van der Waals surface area contributed by atoms with E-state index in [0.29, 0.717) is 21.2 Å². The lowest BCUT2D eigenvalue weighted by Gasteiger charge is -2.04. The predicted molar refractivity (Wildman–Crippen MR) is 77.7 cm³/mol. The first kappa shape index (κ1) is 13.6. The van der Waals surface area contributed by atoms with E-state index in [-0.39, 0.29) is 12.5 Å². The summed E-state index contributed by atoms with van der Waals surface area (Å²) in [5.41, 5.74) is 1.29. The second-order valence-electron chi connectivity index (χ2n) is 3.58. The molecule has 2 aromatic rings. The molecule has 19 heavy (non-hydrogen) atoms. The SMILES string of the molecule is O=C(Nc1ccc(Cl)cc1)c1sccc1C#CCO. The van der Waals surface area contributed by atoms with E-state index in [1.165, 1.54) is 11.3 Å². The number of thiophene rings is 1. The molecule has 2 rings (SSSR count). The highest BCUT2D eigenvalue weighted by atomic mass is 35.5. The third kappa shape index (κ3) is 3.58. The number of carbonyl (C=O) groups is 1. The quantitative estimate of drug-likeness (QED) is 0.836. The van der Waals surface area contributed by atoms with Crippen molar-refractivity contribution in [1.82, 2.24) is 0 Å². The minimum atomic E-state index is -0.228. The van der Waals surface area contributed by atoms with E-state index < -0.39 is 0 Å². The highest BCUT2D eigenvalue weighted by Crippen LogP contribution is 2.19. The van der Waals surface area contributed by atoms with Crippen LogP contribution in [0.4, 0.5) is 5.69 Å². The molecule has 0 aliphatic carbocycles. The van der Waals surface area contributed by atoms with E-state index in [9.17, 15) is 4.79 Å². The maximum Gasteiger partial charge on any atom is 0.267 e. The summed E-state index contributed by atoms with van der Waals surface area (Å²) in [6, 6.07) is 8.63. The molecule has 0 atom stereocenters. The van der Waals surface area contributed by atoms with Crippen LogP contribution in [0.2, 0.25) is 5.02 Å². The van der Waals surface area contributed by atoms with Crippen LogP contribution in [0.25, 0.3) is 0 Å². The number of hydrogen-bond donors (Lipinski definition) is 2. The zero-order chi connectivity index (χ0) is 13.7. The average molecular weight is 292 g/mol. The second-order valence-corrected chi connectivity index (χ2v) is 4.94. The Kier molecular flexibility index (Phi) is 4.58. The van der Waals surface area contributed by atoms with Crippen LogP contribution in [-0.2, 0) is 0 Å². The first-order chi connectivity index (χ1) is 9.20. The number of aliphatic hydroxyl groups is 1. The fourth-order valence-electron chi connectivity index (χ4n) is 1.44. The molecule has 0 spiro atoms. The molecule has 5 heteroatoms. The molecular formula is C14H10ClNO2S. The maximum atomic E-state index is 12.1. The summed E-state index contributed by atoms with van der Waals surface area (Å²) >= 11 is 7.09. The van der Waals surface area contributed by atoms with Gasteiger partial charge in [0.05, 0.1) is 0 Å². The van der Waals surface area contributed by atoms with Crippen molar-refractivity contribution in [2.75, 3.05) is 11.9 Å². The lowest BCUT2D eigenvalue weighted by molar-refractivity contribution is 0.103. The zero-order valence-electron chi connectivity index (χ0n) is 9.81. The van der Waals surface area contributed by atoms with Crippen molar-refractivity contribution in [2.45, 2.75) is 0 Å². The van der Waals surface area contributed by atoms with E-state index in [0.717, 1.165) is 0 Å². The molecule has 96 valence electrons. The van der Waals surface area contributed by atoms with Gasteiger partial charge in [0.15, 0.2) is 0 Å². The Morgan fingerprint density at radius 1 is 1.32 bits per heavy atom. The molecule has 1 heterocycles. The van der Waals surface area contributed by atoms with Crippen LogP contribution in [0.5, 0.6) is 0 Å². The Hall–Kier alpha value is -1.80. The molecule has 3 nitrogen and oxygen atoms in total. The molecule has 0 aliphatic rings. The summed E-state index contributed by atoms with van der Waals surface area (Å²) in [4.78, 5) is 12.6. The molecule has 0 bridgehead atoms. The third-order valence-corrected chi connectivity index (χ3v) is 3.44. The molecule has 1 aromatic carbocycles. The number of rotatable bonds is 2. The fourth-order valence-corrected chi connectivity index (χ4v) is 2.31. The van der Waals surface area contributed by atoms with Gasteiger partial charge in [-0.05, 0) is 35.7 Å². The number of carbonyl (C=O) groups excluding carboxylic acids is 1. The summed E-state index contributed by atoms with van der Waals surface area (Å²) < 4.78 is 0. The van der Waals surface area contributed by atoms with Crippen molar-refractivity contribution in [2.24, 2.45) is 0 Å². The van der Waals surface area contributed by atoms with Crippen LogP contribution >= 0.6 is 22.9 Å².